The van der Waals surface area contributed by atoms with Gasteiger partial charge in [0.25, 0.3) is 0 Å². The molecule has 0 bridgehead atoms. The van der Waals surface area contributed by atoms with Crippen LogP contribution in [0.3, 0.4) is 0 Å². The highest BCUT2D eigenvalue weighted by Crippen LogP contribution is 2.23. The molecule has 0 radical (unpaired) electrons. The standard InChI is InChI=1S/C15H19BrN2O2/c1-3-6-19-15-5-4-13(16)8-12(15)9-17-10-14-7-11(2)18-20-14/h4-5,7-8,17H,3,6,9-10H2,1-2H3. The first-order chi connectivity index (χ1) is 9.69. The number of ether oxygens (including phenoxy) is 1. The van der Waals surface area contributed by atoms with Gasteiger partial charge in [-0.15, -0.1) is 0 Å². The fourth-order valence-electron chi connectivity index (χ4n) is 1.86. The summed E-state index contributed by atoms with van der Waals surface area (Å²) < 4.78 is 12.0. The average molecular weight is 339 g/mol. The lowest BCUT2D eigenvalue weighted by atomic mass is 10.2. The van der Waals surface area contributed by atoms with Crippen molar-refractivity contribution in [2.75, 3.05) is 6.61 Å². The molecule has 2 rings (SSSR count). The molecule has 0 unspecified atom stereocenters. The zero-order valence-corrected chi connectivity index (χ0v) is 13.4. The lowest BCUT2D eigenvalue weighted by Gasteiger charge is -2.11. The summed E-state index contributed by atoms with van der Waals surface area (Å²) in [5.74, 6) is 1.77. The van der Waals surface area contributed by atoms with Crippen molar-refractivity contribution < 1.29 is 9.26 Å². The normalized spacial score (nSPS) is 10.8. The van der Waals surface area contributed by atoms with Gasteiger partial charge in [0.15, 0.2) is 5.76 Å². The van der Waals surface area contributed by atoms with E-state index in [0.717, 1.165) is 46.8 Å². The summed E-state index contributed by atoms with van der Waals surface area (Å²) >= 11 is 3.49. The molecule has 1 N–H and O–H groups in total. The number of halogens is 1. The van der Waals surface area contributed by atoms with E-state index in [9.17, 15) is 0 Å². The number of aromatic nitrogens is 1. The lowest BCUT2D eigenvalue weighted by molar-refractivity contribution is 0.312. The minimum atomic E-state index is 0.653. The molecular formula is C15H19BrN2O2. The predicted molar refractivity (Wildman–Crippen MR) is 81.7 cm³/mol. The van der Waals surface area contributed by atoms with E-state index in [-0.39, 0.29) is 0 Å². The van der Waals surface area contributed by atoms with E-state index >= 15 is 0 Å². The molecule has 0 saturated carbocycles. The minimum absolute atomic E-state index is 0.653. The highest BCUT2D eigenvalue weighted by atomic mass is 79.9. The predicted octanol–water partition coefficient (Wildman–Crippen LogP) is 3.82. The van der Waals surface area contributed by atoms with E-state index in [1.807, 2.05) is 25.1 Å². The molecular weight excluding hydrogens is 320 g/mol. The van der Waals surface area contributed by atoms with Crippen LogP contribution >= 0.6 is 15.9 Å². The van der Waals surface area contributed by atoms with Crippen molar-refractivity contribution in [1.29, 1.82) is 0 Å². The lowest BCUT2D eigenvalue weighted by Crippen LogP contribution is -2.13. The van der Waals surface area contributed by atoms with E-state index in [4.69, 9.17) is 9.26 Å². The Morgan fingerprint density at radius 3 is 2.85 bits per heavy atom. The van der Waals surface area contributed by atoms with Gasteiger partial charge in [-0.25, -0.2) is 0 Å². The monoisotopic (exact) mass is 338 g/mol. The summed E-state index contributed by atoms with van der Waals surface area (Å²) in [6.45, 7) is 6.12. The molecule has 5 heteroatoms. The van der Waals surface area contributed by atoms with Crippen molar-refractivity contribution in [1.82, 2.24) is 10.5 Å². The van der Waals surface area contributed by atoms with Crippen molar-refractivity contribution in [3.8, 4) is 5.75 Å². The molecule has 20 heavy (non-hydrogen) atoms. The molecule has 0 atom stereocenters. The van der Waals surface area contributed by atoms with E-state index in [1.54, 1.807) is 0 Å². The van der Waals surface area contributed by atoms with Crippen LogP contribution in [-0.4, -0.2) is 11.8 Å². The molecule has 2 aromatic rings. The first kappa shape index (κ1) is 15.1. The van der Waals surface area contributed by atoms with Gasteiger partial charge >= 0.3 is 0 Å². The molecule has 0 amide bonds. The molecule has 0 saturated heterocycles. The van der Waals surface area contributed by atoms with Gasteiger partial charge in [-0.1, -0.05) is 28.0 Å². The van der Waals surface area contributed by atoms with Gasteiger partial charge in [0, 0.05) is 22.6 Å². The summed E-state index contributed by atoms with van der Waals surface area (Å²) in [5, 5.41) is 7.21. The smallest absolute Gasteiger partial charge is 0.150 e. The molecule has 0 aliphatic rings. The van der Waals surface area contributed by atoms with Crippen molar-refractivity contribution in [2.45, 2.75) is 33.4 Å². The van der Waals surface area contributed by atoms with E-state index in [0.29, 0.717) is 6.54 Å². The fraction of sp³-hybridized carbons (Fsp3) is 0.400. The third-order valence-electron chi connectivity index (χ3n) is 2.78. The fourth-order valence-corrected chi connectivity index (χ4v) is 2.27. The molecule has 1 aromatic carbocycles. The van der Waals surface area contributed by atoms with Crippen molar-refractivity contribution in [3.63, 3.8) is 0 Å². The Bertz CT molecular complexity index is 555. The first-order valence-electron chi connectivity index (χ1n) is 6.73. The zero-order valence-electron chi connectivity index (χ0n) is 11.8. The van der Waals surface area contributed by atoms with Gasteiger partial charge in [0.05, 0.1) is 18.8 Å². The molecule has 0 spiro atoms. The van der Waals surface area contributed by atoms with Crippen LogP contribution in [0, 0.1) is 6.92 Å². The van der Waals surface area contributed by atoms with Crippen molar-refractivity contribution in [3.05, 3.63) is 45.8 Å². The molecule has 0 aliphatic heterocycles. The summed E-state index contributed by atoms with van der Waals surface area (Å²) in [6.07, 6.45) is 1.00. The summed E-state index contributed by atoms with van der Waals surface area (Å²) in [6, 6.07) is 8.00. The maximum absolute atomic E-state index is 5.75. The molecule has 4 nitrogen and oxygen atoms in total. The van der Waals surface area contributed by atoms with Gasteiger partial charge in [-0.2, -0.15) is 0 Å². The molecule has 0 aliphatic carbocycles. The van der Waals surface area contributed by atoms with Crippen LogP contribution in [0.5, 0.6) is 5.75 Å². The molecule has 0 fully saturated rings. The van der Waals surface area contributed by atoms with Crippen LogP contribution in [0.2, 0.25) is 0 Å². The number of hydrogen-bond donors (Lipinski definition) is 1. The van der Waals surface area contributed by atoms with E-state index in [1.165, 1.54) is 0 Å². The number of aryl methyl sites for hydroxylation is 1. The largest absolute Gasteiger partial charge is 0.493 e. The highest BCUT2D eigenvalue weighted by Gasteiger charge is 2.06. The van der Waals surface area contributed by atoms with Crippen LogP contribution in [0.15, 0.2) is 33.3 Å². The highest BCUT2D eigenvalue weighted by molar-refractivity contribution is 9.10. The van der Waals surface area contributed by atoms with Crippen LogP contribution in [0.25, 0.3) is 0 Å². The molecule has 1 heterocycles. The Balaban J connectivity index is 1.95. The van der Waals surface area contributed by atoms with Crippen LogP contribution in [-0.2, 0) is 13.1 Å². The number of benzene rings is 1. The Hall–Kier alpha value is -1.33. The number of rotatable bonds is 7. The first-order valence-corrected chi connectivity index (χ1v) is 7.52. The van der Waals surface area contributed by atoms with Crippen LogP contribution in [0.1, 0.15) is 30.4 Å². The quantitative estimate of drug-likeness (QED) is 0.833. The topological polar surface area (TPSA) is 47.3 Å². The minimum Gasteiger partial charge on any atom is -0.493 e. The van der Waals surface area contributed by atoms with Crippen LogP contribution < -0.4 is 10.1 Å². The number of hydrogen-bond acceptors (Lipinski definition) is 4. The van der Waals surface area contributed by atoms with Gasteiger partial charge in [-0.05, 0) is 31.5 Å². The van der Waals surface area contributed by atoms with Gasteiger partial charge < -0.3 is 14.6 Å². The second-order valence-electron chi connectivity index (χ2n) is 4.64. The number of nitrogens with zero attached hydrogens (tertiary/aromatic N) is 1. The molecule has 1 aromatic heterocycles. The third-order valence-corrected chi connectivity index (χ3v) is 3.27. The second-order valence-corrected chi connectivity index (χ2v) is 5.55. The van der Waals surface area contributed by atoms with Gasteiger partial charge in [-0.3, -0.25) is 0 Å². The van der Waals surface area contributed by atoms with Crippen LogP contribution in [0.4, 0.5) is 0 Å². The Morgan fingerprint density at radius 1 is 1.30 bits per heavy atom. The van der Waals surface area contributed by atoms with Gasteiger partial charge in [0.2, 0.25) is 0 Å². The van der Waals surface area contributed by atoms with E-state index < -0.39 is 0 Å². The summed E-state index contributed by atoms with van der Waals surface area (Å²) in [4.78, 5) is 0. The van der Waals surface area contributed by atoms with E-state index in [2.05, 4.69) is 39.4 Å². The Labute approximate surface area is 127 Å². The summed E-state index contributed by atoms with van der Waals surface area (Å²) in [5.41, 5.74) is 2.03. The Morgan fingerprint density at radius 2 is 2.15 bits per heavy atom. The SMILES string of the molecule is CCCOc1ccc(Br)cc1CNCc1cc(C)no1. The summed E-state index contributed by atoms with van der Waals surface area (Å²) in [7, 11) is 0. The third kappa shape index (κ3) is 4.35. The molecule has 108 valence electrons. The second kappa shape index (κ2) is 7.45. The van der Waals surface area contributed by atoms with Crippen molar-refractivity contribution in [2.24, 2.45) is 0 Å². The maximum Gasteiger partial charge on any atom is 0.150 e. The zero-order chi connectivity index (χ0) is 14.4. The van der Waals surface area contributed by atoms with Gasteiger partial charge in [0.1, 0.15) is 5.75 Å². The van der Waals surface area contributed by atoms with Crippen molar-refractivity contribution >= 4 is 15.9 Å². The Kier molecular flexibility index (Phi) is 5.61. The maximum atomic E-state index is 5.75. The number of nitrogens with one attached hydrogen (secondary N) is 1. The average Bonchev–Trinajstić information content (AvgIpc) is 2.84.